The fraction of sp³-hybridized carbons (Fsp3) is 0.577. The van der Waals surface area contributed by atoms with Gasteiger partial charge in [-0.1, -0.05) is 31.5 Å². The van der Waals surface area contributed by atoms with Crippen LogP contribution in [0.4, 0.5) is 0 Å². The fourth-order valence-corrected chi connectivity index (χ4v) is 6.85. The molecule has 3 aliphatic carbocycles. The van der Waals surface area contributed by atoms with Crippen LogP contribution in [0.3, 0.4) is 0 Å². The molecule has 3 N–H and O–H groups in total. The second-order valence-corrected chi connectivity index (χ2v) is 12.7. The number of amidine groups is 1. The summed E-state index contributed by atoms with van der Waals surface area (Å²) in [6.07, 6.45) is 8.35. The van der Waals surface area contributed by atoms with Crippen LogP contribution in [-0.2, 0) is 15.9 Å². The Morgan fingerprint density at radius 2 is 2.03 bits per heavy atom. The molecule has 2 fully saturated rings. The molecular formula is C26H36ClN5O2S. The third-order valence-electron chi connectivity index (χ3n) is 7.62. The predicted molar refractivity (Wildman–Crippen MR) is 142 cm³/mol. The number of hydrazone groups is 1. The van der Waals surface area contributed by atoms with E-state index in [0.717, 1.165) is 61.3 Å². The number of hydrogen-bond donors (Lipinski definition) is 3. The van der Waals surface area contributed by atoms with Crippen molar-refractivity contribution in [1.29, 1.82) is 0 Å². The first kappa shape index (κ1) is 24.7. The van der Waals surface area contributed by atoms with E-state index in [-0.39, 0.29) is 6.04 Å². The lowest BCUT2D eigenvalue weighted by molar-refractivity contribution is 0.283. The molecule has 0 spiro atoms. The van der Waals surface area contributed by atoms with Crippen molar-refractivity contribution in [2.24, 2.45) is 28.8 Å². The highest BCUT2D eigenvalue weighted by molar-refractivity contribution is 7.88. The van der Waals surface area contributed by atoms with E-state index in [9.17, 15) is 8.42 Å². The fourth-order valence-electron chi connectivity index (χ4n) is 5.87. The van der Waals surface area contributed by atoms with Crippen molar-refractivity contribution >= 4 is 33.2 Å². The molecule has 9 heteroatoms. The van der Waals surface area contributed by atoms with E-state index in [2.05, 4.69) is 40.6 Å². The van der Waals surface area contributed by atoms with Crippen LogP contribution in [0.15, 0.2) is 46.8 Å². The minimum Gasteiger partial charge on any atom is -0.371 e. The first-order valence-corrected chi connectivity index (χ1v) is 15.1. The maximum Gasteiger partial charge on any atom is 0.208 e. The van der Waals surface area contributed by atoms with Gasteiger partial charge >= 0.3 is 0 Å². The van der Waals surface area contributed by atoms with Gasteiger partial charge in [0.25, 0.3) is 0 Å². The zero-order chi connectivity index (χ0) is 24.7. The van der Waals surface area contributed by atoms with Gasteiger partial charge in [-0.15, -0.1) is 11.6 Å². The molecule has 5 aliphatic rings. The normalized spacial score (nSPS) is 33.4. The van der Waals surface area contributed by atoms with Crippen LogP contribution in [0.1, 0.15) is 50.2 Å². The first-order chi connectivity index (χ1) is 16.7. The molecule has 0 aromatic heterocycles. The molecular weight excluding hydrogens is 482 g/mol. The van der Waals surface area contributed by atoms with Gasteiger partial charge in [0, 0.05) is 48.9 Å². The van der Waals surface area contributed by atoms with E-state index in [1.165, 1.54) is 17.5 Å². The Kier molecular flexibility index (Phi) is 6.90. The van der Waals surface area contributed by atoms with Gasteiger partial charge in [0.05, 0.1) is 17.9 Å². The SMILES string of the molecule is CC1CC(CN/C2=N/N(C)/C(c3cccc(CCl)c3)=C\NC3=C4C3C42)CCC[C@H](NS(C)(=O)=O)C1. The molecule has 0 amide bonds. The summed E-state index contributed by atoms with van der Waals surface area (Å²) in [5, 5.41) is 14.2. The van der Waals surface area contributed by atoms with Crippen molar-refractivity contribution in [3.05, 3.63) is 52.9 Å². The van der Waals surface area contributed by atoms with E-state index in [0.29, 0.717) is 29.6 Å². The average Bonchev–Trinajstić information content (AvgIpc) is 3.68. The molecule has 5 atom stereocenters. The van der Waals surface area contributed by atoms with Gasteiger partial charge in [-0.3, -0.25) is 5.01 Å². The Balaban J connectivity index is 1.25. The van der Waals surface area contributed by atoms with E-state index in [4.69, 9.17) is 16.7 Å². The maximum absolute atomic E-state index is 11.7. The molecule has 2 heterocycles. The molecule has 2 bridgehead atoms. The van der Waals surface area contributed by atoms with Gasteiger partial charge in [-0.2, -0.15) is 5.10 Å². The number of alkyl halides is 1. The van der Waals surface area contributed by atoms with Crippen molar-refractivity contribution in [3.8, 4) is 0 Å². The lowest BCUT2D eigenvalue weighted by Crippen LogP contribution is -2.38. The minimum atomic E-state index is -3.16. The summed E-state index contributed by atoms with van der Waals surface area (Å²) in [6.45, 7) is 3.15. The predicted octanol–water partition coefficient (Wildman–Crippen LogP) is 3.81. The minimum absolute atomic E-state index is 0.0558. The zero-order valence-corrected chi connectivity index (χ0v) is 22.3. The number of nitrogens with one attached hydrogen (secondary N) is 3. The second kappa shape index (κ2) is 9.79. The van der Waals surface area contributed by atoms with Crippen molar-refractivity contribution in [2.45, 2.75) is 50.9 Å². The van der Waals surface area contributed by atoms with E-state index in [1.807, 2.05) is 24.2 Å². The maximum atomic E-state index is 11.7. The number of allylic oxidation sites excluding steroid dienone is 1. The number of benzene rings is 1. The van der Waals surface area contributed by atoms with Crippen LogP contribution in [0.5, 0.6) is 0 Å². The van der Waals surface area contributed by atoms with Gasteiger partial charge in [0.15, 0.2) is 0 Å². The topological polar surface area (TPSA) is 85.8 Å². The summed E-state index contributed by atoms with van der Waals surface area (Å²) in [4.78, 5) is 0. The van der Waals surface area contributed by atoms with Crippen LogP contribution in [-0.4, -0.2) is 45.2 Å². The van der Waals surface area contributed by atoms with Crippen LogP contribution in [0.2, 0.25) is 0 Å². The van der Waals surface area contributed by atoms with E-state index in [1.54, 1.807) is 0 Å². The standard InChI is InChI=1S/C26H36ClN5O2S/c1-16-10-18(7-5-9-20(11-16)31-35(3,33)34)14-29-26-24-22-23(24)25(22)28-15-21(32(2)30-26)19-8-4-6-17(12-19)13-27/h4,6,8,12,15-16,18,20,22,24,28,31H,5,7,9-11,13-14H2,1-3H3,(H,29,30)/b21-15-/t16?,18?,20-,22?,24?/m0/s1. The van der Waals surface area contributed by atoms with Crippen molar-refractivity contribution in [1.82, 2.24) is 20.4 Å². The first-order valence-electron chi connectivity index (χ1n) is 12.6. The lowest BCUT2D eigenvalue weighted by atomic mass is 9.83. The number of nitrogens with zero attached hydrogens (tertiary/aromatic N) is 2. The largest absolute Gasteiger partial charge is 0.371 e. The summed E-state index contributed by atoms with van der Waals surface area (Å²) in [7, 11) is -1.16. The van der Waals surface area contributed by atoms with Gasteiger partial charge in [0.2, 0.25) is 10.0 Å². The van der Waals surface area contributed by atoms with Crippen molar-refractivity contribution in [3.63, 3.8) is 0 Å². The molecule has 2 saturated carbocycles. The van der Waals surface area contributed by atoms with Crippen LogP contribution in [0.25, 0.3) is 5.70 Å². The molecule has 0 radical (unpaired) electrons. The Hall–Kier alpha value is -2.03. The van der Waals surface area contributed by atoms with Crippen LogP contribution in [0, 0.1) is 23.7 Å². The highest BCUT2D eigenvalue weighted by Gasteiger charge is 2.64. The van der Waals surface area contributed by atoms with E-state index < -0.39 is 10.0 Å². The highest BCUT2D eigenvalue weighted by Crippen LogP contribution is 2.66. The number of hydrogen-bond acceptors (Lipinski definition) is 6. The van der Waals surface area contributed by atoms with Gasteiger partial charge < -0.3 is 10.6 Å². The molecule has 0 saturated heterocycles. The summed E-state index contributed by atoms with van der Waals surface area (Å²) < 4.78 is 26.2. The Morgan fingerprint density at radius 1 is 1.23 bits per heavy atom. The van der Waals surface area contributed by atoms with Crippen molar-refractivity contribution in [2.75, 3.05) is 19.8 Å². The Labute approximate surface area is 214 Å². The summed E-state index contributed by atoms with van der Waals surface area (Å²) in [6, 6.07) is 8.35. The van der Waals surface area contributed by atoms with Gasteiger partial charge in [-0.25, -0.2) is 13.1 Å². The zero-order valence-electron chi connectivity index (χ0n) is 20.7. The third-order valence-corrected chi connectivity index (χ3v) is 8.69. The quantitative estimate of drug-likeness (QED) is 0.500. The number of rotatable bonds is 6. The molecule has 7 nitrogen and oxygen atoms in total. The Bertz CT molecular complexity index is 1180. The third kappa shape index (κ3) is 5.70. The monoisotopic (exact) mass is 517 g/mol. The average molecular weight is 518 g/mol. The molecule has 4 unspecified atom stereocenters. The van der Waals surface area contributed by atoms with Gasteiger partial charge in [-0.05, 0) is 54.7 Å². The lowest BCUT2D eigenvalue weighted by Gasteiger charge is -2.29. The number of fused-ring (bicyclic) bond motifs is 3. The summed E-state index contributed by atoms with van der Waals surface area (Å²) in [5.41, 5.74) is 6.02. The van der Waals surface area contributed by atoms with E-state index >= 15 is 0 Å². The smallest absolute Gasteiger partial charge is 0.208 e. The van der Waals surface area contributed by atoms with Crippen LogP contribution < -0.4 is 15.4 Å². The molecule has 1 aromatic rings. The Morgan fingerprint density at radius 3 is 2.77 bits per heavy atom. The second-order valence-electron chi connectivity index (χ2n) is 10.7. The molecule has 35 heavy (non-hydrogen) atoms. The summed E-state index contributed by atoms with van der Waals surface area (Å²) in [5.74, 6) is 3.52. The molecule has 6 rings (SSSR count). The number of sulfonamides is 1. The number of halogens is 1. The highest BCUT2D eigenvalue weighted by atomic mass is 35.5. The molecule has 1 aromatic carbocycles. The molecule has 190 valence electrons. The summed E-state index contributed by atoms with van der Waals surface area (Å²) >= 11 is 6.07. The van der Waals surface area contributed by atoms with Gasteiger partial charge in [0.1, 0.15) is 5.84 Å². The van der Waals surface area contributed by atoms with Crippen molar-refractivity contribution < 1.29 is 8.42 Å². The molecule has 2 aliphatic heterocycles. The van der Waals surface area contributed by atoms with Crippen LogP contribution >= 0.6 is 11.6 Å².